The lowest BCUT2D eigenvalue weighted by Crippen LogP contribution is -2.10. The normalized spacial score (nSPS) is 27.7. The topological polar surface area (TPSA) is 58.0 Å². The van der Waals surface area contributed by atoms with Gasteiger partial charge in [-0.3, -0.25) is 0 Å². The lowest BCUT2D eigenvalue weighted by molar-refractivity contribution is 0.0412. The van der Waals surface area contributed by atoms with E-state index in [0.717, 1.165) is 5.56 Å². The molecule has 0 amide bonds. The predicted molar refractivity (Wildman–Crippen MR) is 62.1 cm³/mol. The van der Waals surface area contributed by atoms with E-state index >= 15 is 0 Å². The summed E-state index contributed by atoms with van der Waals surface area (Å²) in [6.45, 7) is 0.473. The third kappa shape index (κ3) is 3.19. The van der Waals surface area contributed by atoms with Gasteiger partial charge in [-0.1, -0.05) is 35.4 Å². The lowest BCUT2D eigenvalue weighted by Gasteiger charge is -2.10. The van der Waals surface area contributed by atoms with E-state index in [1.807, 2.05) is 30.3 Å². The Balaban J connectivity index is 1.84. The summed E-state index contributed by atoms with van der Waals surface area (Å²) in [5.41, 5.74) is 9.35. The second-order valence-corrected chi connectivity index (χ2v) is 4.18. The van der Waals surface area contributed by atoms with Crippen LogP contribution in [0.1, 0.15) is 18.4 Å². The Morgan fingerprint density at radius 1 is 1.35 bits per heavy atom. The van der Waals surface area contributed by atoms with E-state index < -0.39 is 12.2 Å². The Kier molecular flexibility index (Phi) is 3.96. The molecular weight excluding hydrogens is 221 g/mol. The maximum Gasteiger partial charge on any atom is 0.111 e. The molecule has 0 unspecified atom stereocenters. The number of benzene rings is 1. The van der Waals surface area contributed by atoms with Crippen LogP contribution in [0, 0.1) is 0 Å². The zero-order valence-electron chi connectivity index (χ0n) is 9.37. The molecule has 4 nitrogen and oxygen atoms in total. The molecular formula is C12H14FN3O. The van der Waals surface area contributed by atoms with Crippen molar-refractivity contribution in [2.75, 3.05) is 0 Å². The molecule has 17 heavy (non-hydrogen) atoms. The number of nitrogens with zero attached hydrogens (tertiary/aromatic N) is 3. The van der Waals surface area contributed by atoms with E-state index in [4.69, 9.17) is 10.3 Å². The fourth-order valence-corrected chi connectivity index (χ4v) is 2.03. The van der Waals surface area contributed by atoms with Crippen LogP contribution in [-0.2, 0) is 11.3 Å². The maximum atomic E-state index is 13.4. The van der Waals surface area contributed by atoms with Crippen LogP contribution in [0.5, 0.6) is 0 Å². The van der Waals surface area contributed by atoms with E-state index in [1.165, 1.54) is 0 Å². The van der Waals surface area contributed by atoms with Crippen LogP contribution in [0.15, 0.2) is 35.4 Å². The molecule has 1 saturated carbocycles. The fourth-order valence-electron chi connectivity index (χ4n) is 2.03. The van der Waals surface area contributed by atoms with Crippen molar-refractivity contribution < 1.29 is 9.13 Å². The van der Waals surface area contributed by atoms with Gasteiger partial charge in [0, 0.05) is 11.3 Å². The van der Waals surface area contributed by atoms with Crippen LogP contribution in [0.3, 0.4) is 0 Å². The maximum absolute atomic E-state index is 13.4. The van der Waals surface area contributed by atoms with Gasteiger partial charge in [-0.05, 0) is 17.5 Å². The van der Waals surface area contributed by atoms with Crippen molar-refractivity contribution in [3.8, 4) is 0 Å². The lowest BCUT2D eigenvalue weighted by atomic mass is 10.2. The van der Waals surface area contributed by atoms with Gasteiger partial charge in [0.1, 0.15) is 6.17 Å². The number of azide groups is 1. The Morgan fingerprint density at radius 2 is 2.12 bits per heavy atom. The first-order chi connectivity index (χ1) is 8.29. The number of halogens is 1. The average Bonchev–Trinajstić information content (AvgIpc) is 2.70. The fraction of sp³-hybridized carbons (Fsp3) is 0.500. The molecule has 0 N–H and O–H groups in total. The zero-order chi connectivity index (χ0) is 12.1. The Labute approximate surface area is 99.0 Å². The van der Waals surface area contributed by atoms with Crippen molar-refractivity contribution >= 4 is 0 Å². The zero-order valence-corrected chi connectivity index (χ0v) is 9.37. The molecule has 0 saturated heterocycles. The summed E-state index contributed by atoms with van der Waals surface area (Å²) in [6.07, 6.45) is -0.443. The minimum Gasteiger partial charge on any atom is -0.373 e. The van der Waals surface area contributed by atoms with Gasteiger partial charge >= 0.3 is 0 Å². The summed E-state index contributed by atoms with van der Waals surface area (Å²) in [4.78, 5) is 2.65. The van der Waals surface area contributed by atoms with Gasteiger partial charge in [0.2, 0.25) is 0 Å². The number of rotatable bonds is 4. The Hall–Kier alpha value is -1.58. The largest absolute Gasteiger partial charge is 0.373 e. The van der Waals surface area contributed by atoms with Gasteiger partial charge in [0.25, 0.3) is 0 Å². The highest BCUT2D eigenvalue weighted by Crippen LogP contribution is 2.28. The molecule has 2 rings (SSSR count). The first kappa shape index (κ1) is 11.9. The summed E-state index contributed by atoms with van der Waals surface area (Å²) in [7, 11) is 0. The van der Waals surface area contributed by atoms with E-state index in [-0.39, 0.29) is 6.10 Å². The average molecular weight is 235 g/mol. The molecule has 1 aliphatic rings. The highest BCUT2D eigenvalue weighted by molar-refractivity contribution is 5.13. The Morgan fingerprint density at radius 3 is 2.82 bits per heavy atom. The first-order valence-corrected chi connectivity index (χ1v) is 5.63. The van der Waals surface area contributed by atoms with Gasteiger partial charge in [-0.15, -0.1) is 0 Å². The van der Waals surface area contributed by atoms with Gasteiger partial charge in [-0.25, -0.2) is 4.39 Å². The molecule has 1 aliphatic carbocycles. The monoisotopic (exact) mass is 235 g/mol. The van der Waals surface area contributed by atoms with Gasteiger partial charge < -0.3 is 4.74 Å². The highest BCUT2D eigenvalue weighted by Gasteiger charge is 2.34. The third-order valence-corrected chi connectivity index (χ3v) is 2.94. The Bertz CT molecular complexity index is 405. The molecule has 90 valence electrons. The quantitative estimate of drug-likeness (QED) is 0.448. The molecule has 0 heterocycles. The van der Waals surface area contributed by atoms with Crippen LogP contribution in [-0.4, -0.2) is 18.3 Å². The number of hydrogen-bond acceptors (Lipinski definition) is 2. The van der Waals surface area contributed by atoms with Gasteiger partial charge in [-0.2, -0.15) is 0 Å². The van der Waals surface area contributed by atoms with Crippen LogP contribution >= 0.6 is 0 Å². The summed E-state index contributed by atoms with van der Waals surface area (Å²) in [5, 5.41) is 3.44. The van der Waals surface area contributed by atoms with Gasteiger partial charge in [0.05, 0.1) is 18.8 Å². The van der Waals surface area contributed by atoms with Crippen LogP contribution in [0.25, 0.3) is 10.4 Å². The second kappa shape index (κ2) is 5.66. The molecule has 0 aliphatic heterocycles. The number of ether oxygens (including phenoxy) is 1. The smallest absolute Gasteiger partial charge is 0.111 e. The molecule has 0 spiro atoms. The summed E-state index contributed by atoms with van der Waals surface area (Å²) < 4.78 is 19.0. The first-order valence-electron chi connectivity index (χ1n) is 5.63. The molecule has 5 heteroatoms. The SMILES string of the molecule is [N-]=[N+]=N[C@@H]1C[C@H](OCc2ccccc2)C[C@H]1F. The van der Waals surface area contributed by atoms with Crippen molar-refractivity contribution in [2.24, 2.45) is 5.11 Å². The number of alkyl halides is 1. The standard InChI is InChI=1S/C12H14FN3O/c13-11-6-10(7-12(11)15-16-14)17-8-9-4-2-1-3-5-9/h1-5,10-12H,6-8H2/t10-,11-,12-/m1/s1. The summed E-state index contributed by atoms with van der Waals surface area (Å²) in [6, 6.07) is 9.18. The van der Waals surface area contributed by atoms with Crippen molar-refractivity contribution in [1.82, 2.24) is 0 Å². The van der Waals surface area contributed by atoms with Crippen LogP contribution in [0.2, 0.25) is 0 Å². The molecule has 3 atom stereocenters. The summed E-state index contributed by atoms with van der Waals surface area (Å²) >= 11 is 0. The van der Waals surface area contributed by atoms with E-state index in [2.05, 4.69) is 10.0 Å². The molecule has 0 aromatic heterocycles. The van der Waals surface area contributed by atoms with Crippen LogP contribution < -0.4 is 0 Å². The third-order valence-electron chi connectivity index (χ3n) is 2.94. The van der Waals surface area contributed by atoms with Gasteiger partial charge in [0.15, 0.2) is 0 Å². The van der Waals surface area contributed by atoms with Crippen molar-refractivity contribution in [1.29, 1.82) is 0 Å². The molecule has 1 aromatic rings. The number of hydrogen-bond donors (Lipinski definition) is 0. The van der Waals surface area contributed by atoms with Crippen molar-refractivity contribution in [3.63, 3.8) is 0 Å². The summed E-state index contributed by atoms with van der Waals surface area (Å²) in [5.74, 6) is 0. The second-order valence-electron chi connectivity index (χ2n) is 4.18. The van der Waals surface area contributed by atoms with Crippen molar-refractivity contribution in [3.05, 3.63) is 46.3 Å². The van der Waals surface area contributed by atoms with E-state index in [0.29, 0.717) is 19.4 Å². The van der Waals surface area contributed by atoms with E-state index in [9.17, 15) is 4.39 Å². The molecule has 0 bridgehead atoms. The minimum atomic E-state index is -1.08. The predicted octanol–water partition coefficient (Wildman–Crippen LogP) is 3.38. The van der Waals surface area contributed by atoms with Crippen LogP contribution in [0.4, 0.5) is 4.39 Å². The molecule has 1 fully saturated rings. The molecule has 1 aromatic carbocycles. The van der Waals surface area contributed by atoms with Crippen molar-refractivity contribution in [2.45, 2.75) is 37.8 Å². The van der Waals surface area contributed by atoms with E-state index in [1.54, 1.807) is 0 Å². The highest BCUT2D eigenvalue weighted by atomic mass is 19.1. The molecule has 0 radical (unpaired) electrons. The minimum absolute atomic E-state index is 0.152.